The van der Waals surface area contributed by atoms with Crippen molar-refractivity contribution < 1.29 is 8.42 Å². The summed E-state index contributed by atoms with van der Waals surface area (Å²) in [7, 11) is -1.65. The summed E-state index contributed by atoms with van der Waals surface area (Å²) in [6.45, 7) is 3.75. The zero-order chi connectivity index (χ0) is 14.6. The Kier molecular flexibility index (Phi) is 4.92. The third-order valence-corrected chi connectivity index (χ3v) is 5.30. The summed E-state index contributed by atoms with van der Waals surface area (Å²) in [4.78, 5) is 5.40. The maximum absolute atomic E-state index is 12.2. The molecular weight excluding hydrogens is 296 g/mol. The Morgan fingerprint density at radius 2 is 2.20 bits per heavy atom. The van der Waals surface area contributed by atoms with E-state index in [9.17, 15) is 8.42 Å². The second-order valence-electron chi connectivity index (χ2n) is 4.31. The van der Waals surface area contributed by atoms with Crippen LogP contribution in [0.4, 0.5) is 0 Å². The second kappa shape index (κ2) is 6.49. The Morgan fingerprint density at radius 3 is 2.85 bits per heavy atom. The van der Waals surface area contributed by atoms with Crippen LogP contribution in [-0.4, -0.2) is 24.5 Å². The molecule has 0 bridgehead atoms. The monoisotopic (exact) mass is 314 g/mol. The molecule has 2 aromatic rings. The van der Waals surface area contributed by atoms with Crippen LogP contribution < -0.4 is 10.0 Å². The van der Waals surface area contributed by atoms with E-state index in [2.05, 4.69) is 15.0 Å². The molecule has 8 heteroatoms. The molecule has 0 aromatic carbocycles. The number of rotatable bonds is 7. The van der Waals surface area contributed by atoms with E-state index in [1.165, 1.54) is 11.3 Å². The summed E-state index contributed by atoms with van der Waals surface area (Å²) < 4.78 is 28.7. The molecule has 6 nitrogen and oxygen atoms in total. The third-order valence-electron chi connectivity index (χ3n) is 2.83. The molecule has 0 amide bonds. The topological polar surface area (TPSA) is 76.0 Å². The molecule has 2 aromatic heterocycles. The molecule has 0 saturated heterocycles. The Labute approximate surface area is 122 Å². The normalized spacial score (nSPS) is 11.9. The van der Waals surface area contributed by atoms with E-state index in [1.807, 2.05) is 14.0 Å². The highest BCUT2D eigenvalue weighted by Crippen LogP contribution is 2.19. The van der Waals surface area contributed by atoms with E-state index < -0.39 is 10.0 Å². The van der Waals surface area contributed by atoms with E-state index in [0.717, 1.165) is 11.4 Å². The highest BCUT2D eigenvalue weighted by molar-refractivity contribution is 7.89. The first-order valence-corrected chi connectivity index (χ1v) is 8.63. The molecule has 0 atom stereocenters. The molecule has 0 fully saturated rings. The first-order chi connectivity index (χ1) is 9.53. The fourth-order valence-electron chi connectivity index (χ4n) is 1.65. The zero-order valence-corrected chi connectivity index (χ0v) is 13.1. The molecule has 20 heavy (non-hydrogen) atoms. The zero-order valence-electron chi connectivity index (χ0n) is 11.5. The van der Waals surface area contributed by atoms with Gasteiger partial charge in [0, 0.05) is 36.2 Å². The maximum Gasteiger partial charge on any atom is 0.241 e. The van der Waals surface area contributed by atoms with Crippen LogP contribution in [0.2, 0.25) is 0 Å². The molecule has 2 rings (SSSR count). The van der Waals surface area contributed by atoms with Crippen molar-refractivity contribution in [1.82, 2.24) is 19.6 Å². The molecule has 0 aliphatic heterocycles. The predicted molar refractivity (Wildman–Crippen MR) is 78.9 cm³/mol. The van der Waals surface area contributed by atoms with Crippen molar-refractivity contribution in [3.8, 4) is 0 Å². The Balaban J connectivity index is 2.03. The average Bonchev–Trinajstić information content (AvgIpc) is 3.03. The third kappa shape index (κ3) is 3.66. The number of hydrogen-bond acceptors (Lipinski definition) is 5. The Morgan fingerprint density at radius 1 is 1.40 bits per heavy atom. The molecule has 0 spiro atoms. The summed E-state index contributed by atoms with van der Waals surface area (Å²) >= 11 is 1.44. The van der Waals surface area contributed by atoms with Crippen LogP contribution in [0.5, 0.6) is 0 Å². The number of aryl methyl sites for hydroxylation is 1. The van der Waals surface area contributed by atoms with Crippen molar-refractivity contribution in [3.63, 3.8) is 0 Å². The quantitative estimate of drug-likeness (QED) is 0.801. The van der Waals surface area contributed by atoms with Crippen LogP contribution in [0.3, 0.4) is 0 Å². The molecule has 2 heterocycles. The van der Waals surface area contributed by atoms with Crippen molar-refractivity contribution in [1.29, 1.82) is 0 Å². The Hall–Kier alpha value is -1.22. The largest absolute Gasteiger partial charge is 0.337 e. The maximum atomic E-state index is 12.2. The van der Waals surface area contributed by atoms with Gasteiger partial charge in [-0.15, -0.1) is 11.3 Å². The van der Waals surface area contributed by atoms with Gasteiger partial charge in [-0.25, -0.2) is 18.1 Å². The number of nitrogens with zero attached hydrogens (tertiary/aromatic N) is 2. The fourth-order valence-corrected chi connectivity index (χ4v) is 3.88. The standard InChI is InChI=1S/C12H18N4O2S2/c1-3-13-7-10-6-11(9-19-10)20(17,18)15-8-12-14-4-5-16(12)2/h4-6,9,13,15H,3,7-8H2,1-2H3. The lowest BCUT2D eigenvalue weighted by atomic mass is 10.4. The molecule has 0 saturated carbocycles. The summed E-state index contributed by atoms with van der Waals surface area (Å²) in [5.41, 5.74) is 0. The van der Waals surface area contributed by atoms with Gasteiger partial charge in [-0.3, -0.25) is 0 Å². The fraction of sp³-hybridized carbons (Fsp3) is 0.417. The Bertz CT molecular complexity index is 661. The van der Waals surface area contributed by atoms with E-state index in [4.69, 9.17) is 0 Å². The number of sulfonamides is 1. The van der Waals surface area contributed by atoms with E-state index in [0.29, 0.717) is 17.3 Å². The lowest BCUT2D eigenvalue weighted by Gasteiger charge is -2.05. The minimum absolute atomic E-state index is 0.185. The van der Waals surface area contributed by atoms with Crippen molar-refractivity contribution in [2.24, 2.45) is 7.05 Å². The van der Waals surface area contributed by atoms with Gasteiger partial charge in [-0.1, -0.05) is 6.92 Å². The first-order valence-electron chi connectivity index (χ1n) is 6.27. The SMILES string of the molecule is CCNCc1cc(S(=O)(=O)NCc2nccn2C)cs1. The number of aromatic nitrogens is 2. The highest BCUT2D eigenvalue weighted by atomic mass is 32.2. The number of nitrogens with one attached hydrogen (secondary N) is 2. The van der Waals surface area contributed by atoms with Gasteiger partial charge < -0.3 is 9.88 Å². The summed E-state index contributed by atoms with van der Waals surface area (Å²) in [5, 5.41) is 4.83. The molecule has 0 radical (unpaired) electrons. The summed E-state index contributed by atoms with van der Waals surface area (Å²) in [6.07, 6.45) is 3.42. The van der Waals surface area contributed by atoms with Crippen LogP contribution in [0, 0.1) is 0 Å². The molecule has 0 aliphatic rings. The second-order valence-corrected chi connectivity index (χ2v) is 7.07. The smallest absolute Gasteiger partial charge is 0.241 e. The van der Waals surface area contributed by atoms with E-state index in [-0.39, 0.29) is 6.54 Å². The molecule has 110 valence electrons. The van der Waals surface area contributed by atoms with Gasteiger partial charge in [0.05, 0.1) is 11.4 Å². The van der Waals surface area contributed by atoms with Crippen LogP contribution in [-0.2, 0) is 30.2 Å². The van der Waals surface area contributed by atoms with Crippen molar-refractivity contribution in [2.75, 3.05) is 6.54 Å². The van der Waals surface area contributed by atoms with Crippen LogP contribution in [0.15, 0.2) is 28.7 Å². The summed E-state index contributed by atoms with van der Waals surface area (Å²) in [5.74, 6) is 0.677. The number of hydrogen-bond donors (Lipinski definition) is 2. The first kappa shape index (κ1) is 15.2. The van der Waals surface area contributed by atoms with Crippen molar-refractivity contribution in [2.45, 2.75) is 24.9 Å². The molecule has 0 aliphatic carbocycles. The number of imidazole rings is 1. The predicted octanol–water partition coefficient (Wildman–Crippen LogP) is 1.07. The minimum Gasteiger partial charge on any atom is -0.337 e. The van der Waals surface area contributed by atoms with E-state index >= 15 is 0 Å². The van der Waals surface area contributed by atoms with Gasteiger partial charge in [0.2, 0.25) is 10.0 Å². The molecule has 0 unspecified atom stereocenters. The van der Waals surface area contributed by atoms with Crippen LogP contribution >= 0.6 is 11.3 Å². The van der Waals surface area contributed by atoms with E-state index in [1.54, 1.807) is 28.4 Å². The lowest BCUT2D eigenvalue weighted by molar-refractivity contribution is 0.578. The number of thiophene rings is 1. The highest BCUT2D eigenvalue weighted by Gasteiger charge is 2.16. The van der Waals surface area contributed by atoms with Gasteiger partial charge in [-0.05, 0) is 12.6 Å². The molecule has 2 N–H and O–H groups in total. The van der Waals surface area contributed by atoms with Crippen LogP contribution in [0.1, 0.15) is 17.6 Å². The lowest BCUT2D eigenvalue weighted by Crippen LogP contribution is -2.24. The molecular formula is C12H18N4O2S2. The van der Waals surface area contributed by atoms with Crippen molar-refractivity contribution in [3.05, 3.63) is 34.5 Å². The minimum atomic E-state index is -3.48. The van der Waals surface area contributed by atoms with Gasteiger partial charge in [0.15, 0.2) is 0 Å². The summed E-state index contributed by atoms with van der Waals surface area (Å²) in [6, 6.07) is 1.70. The van der Waals surface area contributed by atoms with Gasteiger partial charge >= 0.3 is 0 Å². The van der Waals surface area contributed by atoms with Gasteiger partial charge in [0.1, 0.15) is 5.82 Å². The van der Waals surface area contributed by atoms with Crippen molar-refractivity contribution >= 4 is 21.4 Å². The van der Waals surface area contributed by atoms with Crippen LogP contribution in [0.25, 0.3) is 0 Å². The average molecular weight is 314 g/mol. The van der Waals surface area contributed by atoms with Gasteiger partial charge in [0.25, 0.3) is 0 Å². The van der Waals surface area contributed by atoms with Gasteiger partial charge in [-0.2, -0.15) is 0 Å².